The number of ether oxygens (including phenoxy) is 1. The number of imidazole rings is 1. The van der Waals surface area contributed by atoms with Crippen LogP contribution in [0, 0.1) is 19.3 Å². The monoisotopic (exact) mass is 550 g/mol. The third-order valence-corrected chi connectivity index (χ3v) is 7.76. The molecule has 2 atom stereocenters. The molecule has 1 aliphatic rings. The molecule has 2 heterocycles. The van der Waals surface area contributed by atoms with Crippen LogP contribution < -0.4 is 10.5 Å². The van der Waals surface area contributed by atoms with Crippen LogP contribution in [0.25, 0.3) is 11.3 Å². The number of carbonyl (C=O) groups excluding carboxylic acids is 2. The summed E-state index contributed by atoms with van der Waals surface area (Å²) in [5, 5.41) is 0. The van der Waals surface area contributed by atoms with Crippen LogP contribution in [0.1, 0.15) is 60.5 Å². The Kier molecular flexibility index (Phi) is 7.82. The van der Waals surface area contributed by atoms with Crippen molar-refractivity contribution in [2.45, 2.75) is 66.1 Å². The minimum Gasteiger partial charge on any atom is -0.426 e. The van der Waals surface area contributed by atoms with Crippen molar-refractivity contribution in [3.05, 3.63) is 107 Å². The summed E-state index contributed by atoms with van der Waals surface area (Å²) in [4.78, 5) is 36.5. The molecular formula is C34H38N4O3. The molecule has 0 aliphatic carbocycles. The van der Waals surface area contributed by atoms with Gasteiger partial charge in [-0.2, -0.15) is 0 Å². The smallest absolute Gasteiger partial charge is 0.316 e. The van der Waals surface area contributed by atoms with Crippen LogP contribution in [0.4, 0.5) is 0 Å². The predicted molar refractivity (Wildman–Crippen MR) is 160 cm³/mol. The minimum atomic E-state index is -0.744. The van der Waals surface area contributed by atoms with E-state index >= 15 is 0 Å². The molecule has 0 unspecified atom stereocenters. The summed E-state index contributed by atoms with van der Waals surface area (Å²) in [6.07, 6.45) is 2.86. The molecule has 41 heavy (non-hydrogen) atoms. The van der Waals surface area contributed by atoms with Crippen LogP contribution in [-0.2, 0) is 29.0 Å². The lowest BCUT2D eigenvalue weighted by Crippen LogP contribution is -2.48. The Hall–Kier alpha value is -4.23. The largest absolute Gasteiger partial charge is 0.426 e. The number of aromatic nitrogens is 2. The molecule has 1 amide bonds. The lowest BCUT2D eigenvalue weighted by molar-refractivity contribution is -0.143. The van der Waals surface area contributed by atoms with Crippen LogP contribution in [-0.4, -0.2) is 32.8 Å². The van der Waals surface area contributed by atoms with E-state index in [1.807, 2.05) is 100 Å². The third kappa shape index (κ3) is 6.10. The fraction of sp³-hybridized carbons (Fsp3) is 0.324. The second kappa shape index (κ2) is 11.3. The Morgan fingerprint density at radius 1 is 1.02 bits per heavy atom. The molecule has 0 radical (unpaired) electrons. The number of aryl methyl sites for hydroxylation is 2. The van der Waals surface area contributed by atoms with Crippen molar-refractivity contribution < 1.29 is 14.3 Å². The van der Waals surface area contributed by atoms with Crippen molar-refractivity contribution >= 4 is 11.9 Å². The summed E-state index contributed by atoms with van der Waals surface area (Å²) < 4.78 is 5.62. The fourth-order valence-electron chi connectivity index (χ4n) is 5.38. The van der Waals surface area contributed by atoms with Crippen molar-refractivity contribution in [1.82, 2.24) is 14.9 Å². The molecule has 212 valence electrons. The Morgan fingerprint density at radius 2 is 1.66 bits per heavy atom. The number of aromatic amines is 1. The first-order valence-corrected chi connectivity index (χ1v) is 14.1. The van der Waals surface area contributed by atoms with Gasteiger partial charge < -0.3 is 20.4 Å². The van der Waals surface area contributed by atoms with Gasteiger partial charge in [-0.15, -0.1) is 0 Å². The number of nitrogens with zero attached hydrogens (tertiary/aromatic N) is 2. The lowest BCUT2D eigenvalue weighted by atomic mass is 9.91. The van der Waals surface area contributed by atoms with Crippen LogP contribution in [0.3, 0.4) is 0 Å². The van der Waals surface area contributed by atoms with E-state index in [0.29, 0.717) is 25.1 Å². The van der Waals surface area contributed by atoms with Crippen molar-refractivity contribution in [3.63, 3.8) is 0 Å². The summed E-state index contributed by atoms with van der Waals surface area (Å²) in [7, 11) is 0. The second-order valence-electron chi connectivity index (χ2n) is 12.0. The number of hydrogen-bond donors (Lipinski definition) is 2. The van der Waals surface area contributed by atoms with E-state index in [1.54, 1.807) is 0 Å². The first kappa shape index (κ1) is 28.3. The number of H-pyrrole nitrogens is 1. The molecule has 0 fully saturated rings. The highest BCUT2D eigenvalue weighted by Crippen LogP contribution is 2.34. The summed E-state index contributed by atoms with van der Waals surface area (Å²) in [5.74, 6) is 0.837. The maximum Gasteiger partial charge on any atom is 0.316 e. The van der Waals surface area contributed by atoms with Gasteiger partial charge in [0.1, 0.15) is 11.6 Å². The average molecular weight is 551 g/mol. The average Bonchev–Trinajstić information content (AvgIpc) is 3.44. The number of rotatable bonds is 6. The standard InChI is InChI=1S/C34H38N4O3/c1-21-15-26(41-33(40)34(3,4)5)16-22(2)27(21)18-28(35)32(39)38-20-25-14-10-9-13-24(25)17-30(38)31-36-19-29(37-31)23-11-7-6-8-12-23/h6-16,19,28,30H,17-18,20,35H2,1-5H3,(H,36,37)/t28-,30-/m0/s1. The first-order chi connectivity index (χ1) is 19.5. The Morgan fingerprint density at radius 3 is 2.32 bits per heavy atom. The van der Waals surface area contributed by atoms with E-state index in [2.05, 4.69) is 17.1 Å². The normalized spacial score (nSPS) is 15.8. The Balaban J connectivity index is 1.39. The number of fused-ring (bicyclic) bond motifs is 1. The van der Waals surface area contributed by atoms with Crippen molar-refractivity contribution in [1.29, 1.82) is 0 Å². The summed E-state index contributed by atoms with van der Waals surface area (Å²) >= 11 is 0. The maximum absolute atomic E-state index is 14.0. The van der Waals surface area contributed by atoms with E-state index in [4.69, 9.17) is 15.5 Å². The lowest BCUT2D eigenvalue weighted by Gasteiger charge is -2.37. The summed E-state index contributed by atoms with van der Waals surface area (Å²) in [6.45, 7) is 9.86. The zero-order chi connectivity index (χ0) is 29.3. The van der Waals surface area contributed by atoms with Gasteiger partial charge in [0.05, 0.1) is 29.4 Å². The summed E-state index contributed by atoms with van der Waals surface area (Å²) in [6, 6.07) is 20.9. The van der Waals surface area contributed by atoms with Crippen LogP contribution in [0.15, 0.2) is 72.9 Å². The summed E-state index contributed by atoms with van der Waals surface area (Å²) in [5.41, 5.74) is 13.2. The first-order valence-electron chi connectivity index (χ1n) is 14.1. The van der Waals surface area contributed by atoms with Crippen LogP contribution in [0.2, 0.25) is 0 Å². The van der Waals surface area contributed by atoms with Gasteiger partial charge in [0.15, 0.2) is 0 Å². The van der Waals surface area contributed by atoms with E-state index in [9.17, 15) is 9.59 Å². The van der Waals surface area contributed by atoms with E-state index in [-0.39, 0.29) is 17.9 Å². The van der Waals surface area contributed by atoms with Gasteiger partial charge in [0.2, 0.25) is 5.91 Å². The molecule has 0 saturated carbocycles. The van der Waals surface area contributed by atoms with Crippen molar-refractivity contribution in [2.24, 2.45) is 11.1 Å². The molecule has 0 saturated heterocycles. The van der Waals surface area contributed by atoms with E-state index in [1.165, 1.54) is 5.56 Å². The molecule has 7 nitrogen and oxygen atoms in total. The van der Waals surface area contributed by atoms with Gasteiger partial charge in [-0.3, -0.25) is 9.59 Å². The molecule has 3 aromatic carbocycles. The fourth-order valence-corrected chi connectivity index (χ4v) is 5.38. The quantitative estimate of drug-likeness (QED) is 0.232. The van der Waals surface area contributed by atoms with Gasteiger partial charge in [-0.05, 0) is 86.6 Å². The van der Waals surface area contributed by atoms with Gasteiger partial charge >= 0.3 is 5.97 Å². The zero-order valence-corrected chi connectivity index (χ0v) is 24.4. The molecule has 5 rings (SSSR count). The van der Waals surface area contributed by atoms with Gasteiger partial charge in [-0.1, -0.05) is 54.6 Å². The van der Waals surface area contributed by atoms with Crippen molar-refractivity contribution in [2.75, 3.05) is 0 Å². The highest BCUT2D eigenvalue weighted by Gasteiger charge is 2.35. The molecule has 3 N–H and O–H groups in total. The molecule has 4 aromatic rings. The minimum absolute atomic E-state index is 0.121. The highest BCUT2D eigenvalue weighted by molar-refractivity contribution is 5.83. The van der Waals surface area contributed by atoms with Gasteiger partial charge in [-0.25, -0.2) is 4.98 Å². The van der Waals surface area contributed by atoms with Crippen LogP contribution in [0.5, 0.6) is 5.75 Å². The number of amides is 1. The van der Waals surface area contributed by atoms with Crippen molar-refractivity contribution in [3.8, 4) is 17.0 Å². The molecule has 7 heteroatoms. The van der Waals surface area contributed by atoms with Gasteiger partial charge in [0, 0.05) is 13.0 Å². The van der Waals surface area contributed by atoms with Crippen LogP contribution >= 0.6 is 0 Å². The van der Waals surface area contributed by atoms with Gasteiger partial charge in [0.25, 0.3) is 0 Å². The van der Waals surface area contributed by atoms with E-state index in [0.717, 1.165) is 39.3 Å². The molecular weight excluding hydrogens is 512 g/mol. The molecule has 0 spiro atoms. The number of nitrogens with one attached hydrogen (secondary N) is 1. The zero-order valence-electron chi connectivity index (χ0n) is 24.4. The molecule has 1 aromatic heterocycles. The number of esters is 1. The Bertz CT molecular complexity index is 1550. The number of benzene rings is 3. The topological polar surface area (TPSA) is 101 Å². The molecule has 0 bridgehead atoms. The number of hydrogen-bond acceptors (Lipinski definition) is 5. The Labute approximate surface area is 241 Å². The SMILES string of the molecule is Cc1cc(OC(=O)C(C)(C)C)cc(C)c1C[C@H](N)C(=O)N1Cc2ccccc2C[C@H]1c1ncc(-c2ccccc2)[nH]1. The maximum atomic E-state index is 14.0. The number of carbonyl (C=O) groups is 2. The molecule has 1 aliphatic heterocycles. The second-order valence-corrected chi connectivity index (χ2v) is 12.0. The highest BCUT2D eigenvalue weighted by atomic mass is 16.5. The number of nitrogens with two attached hydrogens (primary N) is 1. The third-order valence-electron chi connectivity index (χ3n) is 7.76. The predicted octanol–water partition coefficient (Wildman–Crippen LogP) is 5.84. The van der Waals surface area contributed by atoms with E-state index < -0.39 is 11.5 Å².